The first-order valence-electron chi connectivity index (χ1n) is 4.59. The van der Waals surface area contributed by atoms with E-state index in [4.69, 9.17) is 0 Å². The van der Waals surface area contributed by atoms with Crippen LogP contribution in [0.15, 0.2) is 0 Å². The number of aliphatic hydroxyl groups excluding tert-OH is 1. The number of nitrogens with one attached hydrogen (secondary N) is 1. The van der Waals surface area contributed by atoms with Gasteiger partial charge in [-0.25, -0.2) is 0 Å². The summed E-state index contributed by atoms with van der Waals surface area (Å²) in [5.41, 5.74) is -0.0521. The lowest BCUT2D eigenvalue weighted by molar-refractivity contribution is 0.117. The normalized spacial score (nSPS) is 22.8. The van der Waals surface area contributed by atoms with E-state index in [1.165, 1.54) is 12.8 Å². The molecule has 1 aliphatic rings. The molecule has 0 saturated heterocycles. The molecule has 0 bridgehead atoms. The minimum absolute atomic E-state index is 0.0521. The van der Waals surface area contributed by atoms with E-state index in [2.05, 4.69) is 10.2 Å². The molecular weight excluding hydrogens is 152 g/mol. The first-order valence-corrected chi connectivity index (χ1v) is 4.59. The van der Waals surface area contributed by atoms with Crippen molar-refractivity contribution in [3.63, 3.8) is 0 Å². The van der Waals surface area contributed by atoms with Crippen LogP contribution in [-0.2, 0) is 0 Å². The summed E-state index contributed by atoms with van der Waals surface area (Å²) in [5.74, 6) is 0.676. The van der Waals surface area contributed by atoms with Gasteiger partial charge in [0, 0.05) is 6.54 Å². The molecule has 0 radical (unpaired) electrons. The fourth-order valence-electron chi connectivity index (χ4n) is 1.87. The molecule has 0 aliphatic heterocycles. The molecule has 2 N–H and O–H groups in total. The number of aliphatic hydroxyl groups is 1. The fourth-order valence-corrected chi connectivity index (χ4v) is 1.87. The molecule has 1 unspecified atom stereocenters. The maximum atomic E-state index is 9.35. The number of likely N-dealkylation sites (N-methyl/N-ethyl adjacent to an activating group) is 2. The highest BCUT2D eigenvalue weighted by Crippen LogP contribution is 2.39. The third-order valence-electron chi connectivity index (χ3n) is 2.74. The number of hydrogen-bond acceptors (Lipinski definition) is 3. The van der Waals surface area contributed by atoms with Crippen LogP contribution >= 0.6 is 0 Å². The summed E-state index contributed by atoms with van der Waals surface area (Å²) in [6.07, 6.45) is 2.52. The maximum absolute atomic E-state index is 9.35. The number of rotatable bonds is 5. The Morgan fingerprint density at radius 3 is 2.33 bits per heavy atom. The van der Waals surface area contributed by atoms with E-state index in [1.807, 2.05) is 21.1 Å². The molecule has 12 heavy (non-hydrogen) atoms. The minimum Gasteiger partial charge on any atom is -0.394 e. The third-order valence-corrected chi connectivity index (χ3v) is 2.74. The van der Waals surface area contributed by atoms with E-state index in [-0.39, 0.29) is 12.1 Å². The molecule has 0 spiro atoms. The molecule has 0 heterocycles. The monoisotopic (exact) mass is 172 g/mol. The molecule has 3 heteroatoms. The highest BCUT2D eigenvalue weighted by molar-refractivity contribution is 5.01. The van der Waals surface area contributed by atoms with E-state index in [9.17, 15) is 5.11 Å². The van der Waals surface area contributed by atoms with Gasteiger partial charge in [-0.1, -0.05) is 0 Å². The van der Waals surface area contributed by atoms with Crippen LogP contribution in [0.5, 0.6) is 0 Å². The molecule has 0 amide bonds. The second-order valence-electron chi connectivity index (χ2n) is 4.08. The molecule has 0 aromatic rings. The first-order chi connectivity index (χ1) is 5.64. The Hall–Kier alpha value is -0.120. The topological polar surface area (TPSA) is 35.5 Å². The molecule has 1 aliphatic carbocycles. The van der Waals surface area contributed by atoms with Gasteiger partial charge >= 0.3 is 0 Å². The van der Waals surface area contributed by atoms with Gasteiger partial charge in [-0.15, -0.1) is 0 Å². The molecule has 1 rings (SSSR count). The molecular formula is C9H20N2O. The second kappa shape index (κ2) is 3.73. The van der Waals surface area contributed by atoms with Crippen molar-refractivity contribution >= 4 is 0 Å². The van der Waals surface area contributed by atoms with E-state index < -0.39 is 0 Å². The van der Waals surface area contributed by atoms with Gasteiger partial charge in [0.15, 0.2) is 0 Å². The predicted octanol–water partition coefficient (Wildman–Crippen LogP) is -0.0915. The number of nitrogens with zero attached hydrogens (tertiary/aromatic N) is 1. The lowest BCUT2D eigenvalue weighted by Gasteiger charge is -2.34. The van der Waals surface area contributed by atoms with Crippen molar-refractivity contribution in [2.24, 2.45) is 5.92 Å². The van der Waals surface area contributed by atoms with Crippen LogP contribution in [0.2, 0.25) is 0 Å². The Balaban J connectivity index is 2.55. The summed E-state index contributed by atoms with van der Waals surface area (Å²) in [7, 11) is 6.03. The molecule has 72 valence electrons. The summed E-state index contributed by atoms with van der Waals surface area (Å²) in [4.78, 5) is 2.13. The summed E-state index contributed by atoms with van der Waals surface area (Å²) in [6, 6.07) is 0. The number of hydrogen-bond donors (Lipinski definition) is 2. The fraction of sp³-hybridized carbons (Fsp3) is 1.00. The van der Waals surface area contributed by atoms with Crippen molar-refractivity contribution in [2.45, 2.75) is 18.4 Å². The quantitative estimate of drug-likeness (QED) is 0.608. The Kier molecular flexibility index (Phi) is 3.09. The van der Waals surface area contributed by atoms with Gasteiger partial charge in [0.1, 0.15) is 0 Å². The van der Waals surface area contributed by atoms with Crippen molar-refractivity contribution in [3.05, 3.63) is 0 Å². The lowest BCUT2D eigenvalue weighted by atomic mass is 9.94. The zero-order valence-corrected chi connectivity index (χ0v) is 8.30. The molecule has 0 aromatic carbocycles. The van der Waals surface area contributed by atoms with Crippen molar-refractivity contribution in [1.82, 2.24) is 10.2 Å². The van der Waals surface area contributed by atoms with E-state index in [0.29, 0.717) is 5.92 Å². The van der Waals surface area contributed by atoms with Crippen molar-refractivity contribution in [1.29, 1.82) is 0 Å². The maximum Gasteiger partial charge on any atom is 0.0628 e. The summed E-state index contributed by atoms with van der Waals surface area (Å²) >= 11 is 0. The van der Waals surface area contributed by atoms with Crippen LogP contribution in [0.4, 0.5) is 0 Å². The van der Waals surface area contributed by atoms with Crippen LogP contribution in [0.3, 0.4) is 0 Å². The van der Waals surface area contributed by atoms with Gasteiger partial charge in [0.2, 0.25) is 0 Å². The Morgan fingerprint density at radius 2 is 2.08 bits per heavy atom. The summed E-state index contributed by atoms with van der Waals surface area (Å²) in [6.45, 7) is 1.16. The molecule has 3 nitrogen and oxygen atoms in total. The SMILES string of the molecule is CNC(CO)(CN(C)C)C1CC1. The largest absolute Gasteiger partial charge is 0.394 e. The van der Waals surface area contributed by atoms with E-state index in [0.717, 1.165) is 6.54 Å². The van der Waals surface area contributed by atoms with Crippen LogP contribution in [-0.4, -0.2) is 49.8 Å². The average Bonchev–Trinajstić information content (AvgIpc) is 2.82. The van der Waals surface area contributed by atoms with Crippen LogP contribution < -0.4 is 5.32 Å². The summed E-state index contributed by atoms with van der Waals surface area (Å²) in [5, 5.41) is 12.6. The minimum atomic E-state index is -0.0521. The Labute approximate surface area is 74.8 Å². The molecule has 1 atom stereocenters. The lowest BCUT2D eigenvalue weighted by Crippen LogP contribution is -2.55. The van der Waals surface area contributed by atoms with Crippen molar-refractivity contribution < 1.29 is 5.11 Å². The zero-order chi connectivity index (χ0) is 9.19. The van der Waals surface area contributed by atoms with Gasteiger partial charge < -0.3 is 15.3 Å². The van der Waals surface area contributed by atoms with Gasteiger partial charge in [0.05, 0.1) is 12.1 Å². The first kappa shape index (κ1) is 9.96. The predicted molar refractivity (Wildman–Crippen MR) is 50.2 cm³/mol. The van der Waals surface area contributed by atoms with Crippen LogP contribution in [0, 0.1) is 5.92 Å². The van der Waals surface area contributed by atoms with Gasteiger partial charge in [-0.3, -0.25) is 0 Å². The highest BCUT2D eigenvalue weighted by atomic mass is 16.3. The molecule has 0 aromatic heterocycles. The smallest absolute Gasteiger partial charge is 0.0628 e. The van der Waals surface area contributed by atoms with Crippen molar-refractivity contribution in [3.8, 4) is 0 Å². The summed E-state index contributed by atoms with van der Waals surface area (Å²) < 4.78 is 0. The van der Waals surface area contributed by atoms with Crippen LogP contribution in [0.25, 0.3) is 0 Å². The van der Waals surface area contributed by atoms with Gasteiger partial charge in [0.25, 0.3) is 0 Å². The third kappa shape index (κ3) is 1.97. The molecule has 1 fully saturated rings. The average molecular weight is 172 g/mol. The molecule has 1 saturated carbocycles. The Morgan fingerprint density at radius 1 is 1.50 bits per heavy atom. The van der Waals surface area contributed by atoms with E-state index in [1.54, 1.807) is 0 Å². The Bertz CT molecular complexity index is 139. The standard InChI is InChI=1S/C9H20N2O/c1-10-9(7-12,6-11(2)3)8-4-5-8/h8,10,12H,4-7H2,1-3H3. The van der Waals surface area contributed by atoms with E-state index >= 15 is 0 Å². The van der Waals surface area contributed by atoms with Gasteiger partial charge in [-0.2, -0.15) is 0 Å². The van der Waals surface area contributed by atoms with Crippen LogP contribution in [0.1, 0.15) is 12.8 Å². The van der Waals surface area contributed by atoms with Crippen molar-refractivity contribution in [2.75, 3.05) is 34.3 Å². The van der Waals surface area contributed by atoms with Gasteiger partial charge in [-0.05, 0) is 39.9 Å². The zero-order valence-electron chi connectivity index (χ0n) is 8.30. The second-order valence-corrected chi connectivity index (χ2v) is 4.08. The highest BCUT2D eigenvalue weighted by Gasteiger charge is 2.43.